The number of carbonyl (C=O) groups is 1. The van der Waals surface area contributed by atoms with Crippen LogP contribution in [0.15, 0.2) is 47.2 Å². The summed E-state index contributed by atoms with van der Waals surface area (Å²) in [5.74, 6) is -0.0812. The molecule has 2 heterocycles. The maximum Gasteiger partial charge on any atom is 0.276 e. The van der Waals surface area contributed by atoms with E-state index in [4.69, 9.17) is 23.8 Å². The number of hydrogen-bond acceptors (Lipinski definition) is 4. The van der Waals surface area contributed by atoms with E-state index in [1.54, 1.807) is 24.4 Å². The zero-order valence-electron chi connectivity index (χ0n) is 14.5. The number of rotatable bonds is 3. The smallest absolute Gasteiger partial charge is 0.276 e. The van der Waals surface area contributed by atoms with Gasteiger partial charge in [0.25, 0.3) is 5.91 Å². The van der Waals surface area contributed by atoms with Crippen LogP contribution < -0.4 is 10.6 Å². The lowest BCUT2D eigenvalue weighted by molar-refractivity contribution is 0.0970. The number of halogens is 2. The Bertz CT molecular complexity index is 1020. The highest BCUT2D eigenvalue weighted by Crippen LogP contribution is 2.22. The second kappa shape index (κ2) is 8.16. The third-order valence-electron chi connectivity index (χ3n) is 3.80. The SMILES string of the molecule is Cc1cccc(C)c1NC(=S)NC(=O)c1cc(Br)nn1-c1ncccc1Cl. The highest BCUT2D eigenvalue weighted by Gasteiger charge is 2.19. The Morgan fingerprint density at radius 3 is 2.59 bits per heavy atom. The molecule has 0 fully saturated rings. The molecule has 6 nitrogen and oxygen atoms in total. The van der Waals surface area contributed by atoms with Crippen molar-refractivity contribution in [1.29, 1.82) is 0 Å². The van der Waals surface area contributed by atoms with E-state index in [2.05, 4.69) is 36.6 Å². The summed E-state index contributed by atoms with van der Waals surface area (Å²) in [5, 5.41) is 10.5. The highest BCUT2D eigenvalue weighted by atomic mass is 79.9. The van der Waals surface area contributed by atoms with Crippen LogP contribution in [0.2, 0.25) is 5.02 Å². The Balaban J connectivity index is 1.83. The number of hydrogen-bond donors (Lipinski definition) is 2. The van der Waals surface area contributed by atoms with E-state index in [0.29, 0.717) is 15.4 Å². The molecule has 0 unspecified atom stereocenters. The molecule has 0 aliphatic heterocycles. The lowest BCUT2D eigenvalue weighted by Gasteiger charge is -2.14. The van der Waals surface area contributed by atoms with Gasteiger partial charge in [0.05, 0.1) is 5.02 Å². The molecule has 1 amide bonds. The number of para-hydroxylation sites is 1. The topological polar surface area (TPSA) is 71.8 Å². The minimum Gasteiger partial charge on any atom is -0.332 e. The molecule has 1 aromatic carbocycles. The molecule has 2 aromatic heterocycles. The average molecular weight is 465 g/mol. The van der Waals surface area contributed by atoms with Crippen molar-refractivity contribution < 1.29 is 4.79 Å². The fourth-order valence-corrected chi connectivity index (χ4v) is 3.30. The van der Waals surface area contributed by atoms with E-state index in [1.165, 1.54) is 4.68 Å². The van der Waals surface area contributed by atoms with Gasteiger partial charge < -0.3 is 5.32 Å². The Morgan fingerprint density at radius 1 is 1.22 bits per heavy atom. The van der Waals surface area contributed by atoms with Gasteiger partial charge in [-0.25, -0.2) is 9.67 Å². The van der Waals surface area contributed by atoms with Crippen LogP contribution in [0.5, 0.6) is 0 Å². The first-order chi connectivity index (χ1) is 12.9. The molecule has 9 heteroatoms. The van der Waals surface area contributed by atoms with Crippen molar-refractivity contribution in [2.45, 2.75) is 13.8 Å². The number of nitrogens with one attached hydrogen (secondary N) is 2. The standard InChI is InChI=1S/C18H15BrClN5OS/c1-10-5-3-6-11(2)15(10)22-18(27)23-17(26)13-9-14(19)24-25(13)16-12(20)7-4-8-21-16/h3-9H,1-2H3,(H2,22,23,26,27). The largest absolute Gasteiger partial charge is 0.332 e. The summed E-state index contributed by atoms with van der Waals surface area (Å²) in [6.45, 7) is 3.93. The lowest BCUT2D eigenvalue weighted by Crippen LogP contribution is -2.35. The molecule has 0 bridgehead atoms. The third-order valence-corrected chi connectivity index (χ3v) is 4.69. The van der Waals surface area contributed by atoms with Crippen LogP contribution in [-0.2, 0) is 0 Å². The molecule has 0 aliphatic carbocycles. The Hall–Kier alpha value is -2.29. The summed E-state index contributed by atoms with van der Waals surface area (Å²) in [4.78, 5) is 16.9. The van der Waals surface area contributed by atoms with E-state index >= 15 is 0 Å². The number of benzene rings is 1. The molecule has 2 N–H and O–H groups in total. The molecule has 0 radical (unpaired) electrons. The van der Waals surface area contributed by atoms with Gasteiger partial charge in [-0.3, -0.25) is 10.1 Å². The van der Waals surface area contributed by atoms with Crippen LogP contribution in [0.3, 0.4) is 0 Å². The number of anilines is 1. The van der Waals surface area contributed by atoms with Gasteiger partial charge in [-0.05, 0) is 65.3 Å². The summed E-state index contributed by atoms with van der Waals surface area (Å²) in [7, 11) is 0. The second-order valence-corrected chi connectivity index (χ2v) is 7.38. The zero-order chi connectivity index (χ0) is 19.6. The Kier molecular flexibility index (Phi) is 5.88. The zero-order valence-corrected chi connectivity index (χ0v) is 17.6. The molecule has 27 heavy (non-hydrogen) atoms. The monoisotopic (exact) mass is 463 g/mol. The first kappa shape index (κ1) is 19.5. The van der Waals surface area contributed by atoms with Gasteiger partial charge in [0, 0.05) is 18.0 Å². The Labute approximate surface area is 175 Å². The normalized spacial score (nSPS) is 10.5. The van der Waals surface area contributed by atoms with Crippen molar-refractivity contribution in [1.82, 2.24) is 20.1 Å². The molecule has 3 rings (SSSR count). The second-order valence-electron chi connectivity index (χ2n) is 5.75. The van der Waals surface area contributed by atoms with Crippen LogP contribution in [0, 0.1) is 13.8 Å². The molecule has 0 aliphatic rings. The van der Waals surface area contributed by atoms with E-state index in [-0.39, 0.29) is 10.8 Å². The van der Waals surface area contributed by atoms with Crippen molar-refractivity contribution >= 4 is 56.5 Å². The summed E-state index contributed by atoms with van der Waals surface area (Å²) in [5.41, 5.74) is 3.16. The first-order valence-corrected chi connectivity index (χ1v) is 9.49. The van der Waals surface area contributed by atoms with Crippen LogP contribution in [0.25, 0.3) is 5.82 Å². The number of nitrogens with zero attached hydrogens (tertiary/aromatic N) is 3. The summed E-state index contributed by atoms with van der Waals surface area (Å²) in [6.07, 6.45) is 1.58. The molecular formula is C18H15BrClN5OS. The van der Waals surface area contributed by atoms with Crippen LogP contribution >= 0.6 is 39.7 Å². The minimum absolute atomic E-state index is 0.188. The molecule has 138 valence electrons. The van der Waals surface area contributed by atoms with Gasteiger partial charge in [-0.15, -0.1) is 0 Å². The van der Waals surface area contributed by atoms with Crippen molar-refractivity contribution in [3.05, 3.63) is 69.0 Å². The number of pyridine rings is 1. The maximum absolute atomic E-state index is 12.7. The van der Waals surface area contributed by atoms with Crippen molar-refractivity contribution in [3.63, 3.8) is 0 Å². The number of aryl methyl sites for hydroxylation is 2. The number of thiocarbonyl (C=S) groups is 1. The molecule has 0 saturated heterocycles. The predicted molar refractivity (Wildman–Crippen MR) is 114 cm³/mol. The predicted octanol–water partition coefficient (Wildman–Crippen LogP) is 4.43. The van der Waals surface area contributed by atoms with Crippen molar-refractivity contribution in [2.24, 2.45) is 0 Å². The average Bonchev–Trinajstić information content (AvgIpc) is 3.00. The molecule has 0 saturated carbocycles. The fraction of sp³-hybridized carbons (Fsp3) is 0.111. The van der Waals surface area contributed by atoms with Gasteiger partial charge in [0.1, 0.15) is 10.3 Å². The first-order valence-electron chi connectivity index (χ1n) is 7.92. The van der Waals surface area contributed by atoms with Gasteiger partial charge in [0.15, 0.2) is 10.9 Å². The molecular weight excluding hydrogens is 450 g/mol. The van der Waals surface area contributed by atoms with Crippen LogP contribution in [0.1, 0.15) is 21.6 Å². The fourth-order valence-electron chi connectivity index (χ4n) is 2.53. The van der Waals surface area contributed by atoms with E-state index in [0.717, 1.165) is 16.8 Å². The molecule has 3 aromatic rings. The quantitative estimate of drug-likeness (QED) is 0.561. The van der Waals surface area contributed by atoms with E-state index in [1.807, 2.05) is 32.0 Å². The van der Waals surface area contributed by atoms with Gasteiger partial charge in [-0.2, -0.15) is 5.10 Å². The summed E-state index contributed by atoms with van der Waals surface area (Å²) in [6, 6.07) is 10.8. The van der Waals surface area contributed by atoms with Crippen LogP contribution in [0.4, 0.5) is 5.69 Å². The summed E-state index contributed by atoms with van der Waals surface area (Å²) < 4.78 is 1.84. The van der Waals surface area contributed by atoms with Crippen molar-refractivity contribution in [2.75, 3.05) is 5.32 Å². The van der Waals surface area contributed by atoms with E-state index in [9.17, 15) is 4.79 Å². The summed E-state index contributed by atoms with van der Waals surface area (Å²) >= 11 is 14.8. The highest BCUT2D eigenvalue weighted by molar-refractivity contribution is 9.10. The number of amides is 1. The van der Waals surface area contributed by atoms with Gasteiger partial charge in [0.2, 0.25) is 0 Å². The van der Waals surface area contributed by atoms with Crippen molar-refractivity contribution in [3.8, 4) is 5.82 Å². The van der Waals surface area contributed by atoms with Gasteiger partial charge >= 0.3 is 0 Å². The third kappa shape index (κ3) is 4.35. The van der Waals surface area contributed by atoms with E-state index < -0.39 is 5.91 Å². The van der Waals surface area contributed by atoms with Gasteiger partial charge in [-0.1, -0.05) is 29.8 Å². The number of aromatic nitrogens is 3. The Morgan fingerprint density at radius 2 is 1.93 bits per heavy atom. The molecule has 0 atom stereocenters. The number of carbonyl (C=O) groups excluding carboxylic acids is 1. The van der Waals surface area contributed by atoms with Crippen LogP contribution in [-0.4, -0.2) is 25.8 Å². The maximum atomic E-state index is 12.7. The lowest BCUT2D eigenvalue weighted by atomic mass is 10.1. The molecule has 0 spiro atoms. The minimum atomic E-state index is -0.432.